The Balaban J connectivity index is 2.59. The molecule has 0 atom stereocenters. The Morgan fingerprint density at radius 1 is 1.25 bits per heavy atom. The van der Waals surface area contributed by atoms with Gasteiger partial charge in [-0.3, -0.25) is 4.79 Å². The Labute approximate surface area is 92.2 Å². The normalized spacial score (nSPS) is 21.1. The molecule has 0 saturated heterocycles. The molecule has 0 bridgehead atoms. The van der Waals surface area contributed by atoms with E-state index in [0.717, 1.165) is 0 Å². The fourth-order valence-electron chi connectivity index (χ4n) is 1.36. The molecular formula is C12H8N2O2. The first-order valence-corrected chi connectivity index (χ1v) is 4.61. The van der Waals surface area contributed by atoms with Crippen LogP contribution in [0.25, 0.3) is 0 Å². The van der Waals surface area contributed by atoms with Gasteiger partial charge in [0, 0.05) is 0 Å². The van der Waals surface area contributed by atoms with Gasteiger partial charge in [-0.1, -0.05) is 12.1 Å². The maximum Gasteiger partial charge on any atom is 0.208 e. The summed E-state index contributed by atoms with van der Waals surface area (Å²) in [5.74, 6) is 0.150. The number of benzene rings is 1. The molecule has 4 nitrogen and oxygen atoms in total. The third-order valence-electron chi connectivity index (χ3n) is 2.16. The number of nitrogens with zero attached hydrogens (tertiary/aromatic N) is 1. The van der Waals surface area contributed by atoms with E-state index in [-0.39, 0.29) is 17.2 Å². The lowest BCUT2D eigenvalue weighted by Gasteiger charge is -2.11. The lowest BCUT2D eigenvalue weighted by atomic mass is 10.1. The Morgan fingerprint density at radius 2 is 2.00 bits per heavy atom. The van der Waals surface area contributed by atoms with Gasteiger partial charge in [0.05, 0.1) is 5.56 Å². The predicted octanol–water partition coefficient (Wildman–Crippen LogP) is 1.51. The summed E-state index contributed by atoms with van der Waals surface area (Å²) in [6.07, 6.45) is 2.67. The summed E-state index contributed by atoms with van der Waals surface area (Å²) in [5.41, 5.74) is 6.16. The molecule has 16 heavy (non-hydrogen) atoms. The quantitative estimate of drug-likeness (QED) is 0.707. The number of rotatable bonds is 0. The molecular weight excluding hydrogens is 204 g/mol. The SMILES string of the molecule is N#CC1=C(\N)Oc2ccccc2C(=O)\C=C\1. The lowest BCUT2D eigenvalue weighted by Crippen LogP contribution is -2.13. The number of fused-ring (bicyclic) bond motifs is 1. The zero-order valence-electron chi connectivity index (χ0n) is 8.31. The van der Waals surface area contributed by atoms with Crippen LogP contribution in [0.4, 0.5) is 0 Å². The Bertz CT molecular complexity index is 550. The highest BCUT2D eigenvalue weighted by molar-refractivity contribution is 6.07. The van der Waals surface area contributed by atoms with Crippen molar-refractivity contribution in [3.05, 3.63) is 53.4 Å². The van der Waals surface area contributed by atoms with Gasteiger partial charge < -0.3 is 10.5 Å². The second-order valence-electron chi connectivity index (χ2n) is 3.19. The second kappa shape index (κ2) is 3.91. The molecule has 1 aliphatic rings. The molecule has 0 radical (unpaired) electrons. The summed E-state index contributed by atoms with van der Waals surface area (Å²) in [7, 11) is 0. The molecule has 1 heterocycles. The fraction of sp³-hybridized carbons (Fsp3) is 0. The standard InChI is InChI=1S/C12H8N2O2/c13-7-8-5-6-10(15)9-3-1-2-4-11(9)16-12(8)14/h1-6H,14H2/b6-5+,12-8+. The minimum Gasteiger partial charge on any atom is -0.439 e. The van der Waals surface area contributed by atoms with E-state index in [9.17, 15) is 4.79 Å². The molecule has 0 amide bonds. The molecule has 78 valence electrons. The number of carbonyl (C=O) groups excluding carboxylic acids is 1. The molecule has 0 aliphatic carbocycles. The van der Waals surface area contributed by atoms with Gasteiger partial charge in [-0.15, -0.1) is 0 Å². The summed E-state index contributed by atoms with van der Waals surface area (Å²) in [6, 6.07) is 8.61. The molecule has 1 aliphatic heterocycles. The highest BCUT2D eigenvalue weighted by Crippen LogP contribution is 2.23. The van der Waals surface area contributed by atoms with Gasteiger partial charge in [-0.05, 0) is 24.3 Å². The van der Waals surface area contributed by atoms with Gasteiger partial charge >= 0.3 is 0 Å². The van der Waals surface area contributed by atoms with Crippen LogP contribution < -0.4 is 10.5 Å². The van der Waals surface area contributed by atoms with E-state index in [1.165, 1.54) is 12.2 Å². The van der Waals surface area contributed by atoms with Gasteiger partial charge in [-0.2, -0.15) is 5.26 Å². The number of hydrogen-bond acceptors (Lipinski definition) is 4. The number of carbonyl (C=O) groups is 1. The van der Waals surface area contributed by atoms with E-state index in [1.807, 2.05) is 6.07 Å². The maximum atomic E-state index is 11.7. The molecule has 1 aromatic carbocycles. The van der Waals surface area contributed by atoms with Crippen molar-refractivity contribution in [2.45, 2.75) is 0 Å². The number of nitriles is 1. The van der Waals surface area contributed by atoms with Gasteiger partial charge in [-0.25, -0.2) is 0 Å². The van der Waals surface area contributed by atoms with Crippen LogP contribution in [-0.2, 0) is 0 Å². The average Bonchev–Trinajstić information content (AvgIpc) is 2.28. The Kier molecular flexibility index (Phi) is 2.44. The molecule has 0 fully saturated rings. The zero-order valence-corrected chi connectivity index (χ0v) is 8.31. The third kappa shape index (κ3) is 1.66. The number of ketones is 1. The van der Waals surface area contributed by atoms with Crippen molar-refractivity contribution in [1.82, 2.24) is 0 Å². The molecule has 0 aromatic heterocycles. The van der Waals surface area contributed by atoms with Crippen LogP contribution in [0.1, 0.15) is 10.4 Å². The molecule has 0 saturated carbocycles. The highest BCUT2D eigenvalue weighted by Gasteiger charge is 2.14. The summed E-state index contributed by atoms with van der Waals surface area (Å²) >= 11 is 0. The molecule has 2 rings (SSSR count). The first-order valence-electron chi connectivity index (χ1n) is 4.61. The van der Waals surface area contributed by atoms with Crippen LogP contribution in [0.5, 0.6) is 5.75 Å². The van der Waals surface area contributed by atoms with Crippen molar-refractivity contribution >= 4 is 5.78 Å². The van der Waals surface area contributed by atoms with Gasteiger partial charge in [0.2, 0.25) is 5.88 Å². The van der Waals surface area contributed by atoms with Crippen molar-refractivity contribution in [2.24, 2.45) is 5.73 Å². The average molecular weight is 212 g/mol. The number of allylic oxidation sites excluding steroid dienone is 3. The minimum absolute atomic E-state index is 0.00120. The smallest absolute Gasteiger partial charge is 0.208 e. The summed E-state index contributed by atoms with van der Waals surface area (Å²) in [5, 5.41) is 8.78. The minimum atomic E-state index is -0.212. The molecule has 4 heteroatoms. The maximum absolute atomic E-state index is 11.7. The zero-order chi connectivity index (χ0) is 11.5. The predicted molar refractivity (Wildman–Crippen MR) is 57.4 cm³/mol. The third-order valence-corrected chi connectivity index (χ3v) is 2.16. The van der Waals surface area contributed by atoms with Gasteiger partial charge in [0.25, 0.3) is 0 Å². The number of hydrogen-bond donors (Lipinski definition) is 1. The topological polar surface area (TPSA) is 76.1 Å². The largest absolute Gasteiger partial charge is 0.439 e. The van der Waals surface area contributed by atoms with Crippen LogP contribution in [0.2, 0.25) is 0 Å². The number of para-hydroxylation sites is 1. The van der Waals surface area contributed by atoms with Crippen molar-refractivity contribution in [2.75, 3.05) is 0 Å². The van der Waals surface area contributed by atoms with Gasteiger partial charge in [0.15, 0.2) is 5.78 Å². The molecule has 0 spiro atoms. The Hall–Kier alpha value is -2.54. The van der Waals surface area contributed by atoms with E-state index < -0.39 is 0 Å². The van der Waals surface area contributed by atoms with Crippen LogP contribution in [0.15, 0.2) is 47.9 Å². The van der Waals surface area contributed by atoms with E-state index in [4.69, 9.17) is 15.7 Å². The molecule has 1 aromatic rings. The van der Waals surface area contributed by atoms with E-state index in [1.54, 1.807) is 24.3 Å². The second-order valence-corrected chi connectivity index (χ2v) is 3.19. The van der Waals surface area contributed by atoms with E-state index in [2.05, 4.69) is 0 Å². The van der Waals surface area contributed by atoms with Crippen LogP contribution in [-0.4, -0.2) is 5.78 Å². The first-order chi connectivity index (χ1) is 7.72. The molecule has 0 unspecified atom stereocenters. The highest BCUT2D eigenvalue weighted by atomic mass is 16.5. The summed E-state index contributed by atoms with van der Waals surface area (Å²) in [4.78, 5) is 11.7. The number of ether oxygens (including phenoxy) is 1. The first kappa shape index (κ1) is 9.99. The van der Waals surface area contributed by atoms with Crippen molar-refractivity contribution in [1.29, 1.82) is 5.26 Å². The van der Waals surface area contributed by atoms with Crippen molar-refractivity contribution in [3.63, 3.8) is 0 Å². The fourth-order valence-corrected chi connectivity index (χ4v) is 1.36. The Morgan fingerprint density at radius 3 is 2.75 bits per heavy atom. The number of nitrogens with two attached hydrogens (primary N) is 1. The van der Waals surface area contributed by atoms with Gasteiger partial charge in [0.1, 0.15) is 17.4 Å². The van der Waals surface area contributed by atoms with Crippen LogP contribution in [0, 0.1) is 11.3 Å². The monoisotopic (exact) mass is 212 g/mol. The molecule has 2 N–H and O–H groups in total. The van der Waals surface area contributed by atoms with E-state index in [0.29, 0.717) is 11.3 Å². The lowest BCUT2D eigenvalue weighted by molar-refractivity contribution is 0.104. The van der Waals surface area contributed by atoms with Crippen LogP contribution >= 0.6 is 0 Å². The van der Waals surface area contributed by atoms with Crippen molar-refractivity contribution < 1.29 is 9.53 Å². The van der Waals surface area contributed by atoms with E-state index >= 15 is 0 Å². The van der Waals surface area contributed by atoms with Crippen molar-refractivity contribution in [3.8, 4) is 11.8 Å². The summed E-state index contributed by atoms with van der Waals surface area (Å²) < 4.78 is 5.27. The van der Waals surface area contributed by atoms with Crippen LogP contribution in [0.3, 0.4) is 0 Å². The summed E-state index contributed by atoms with van der Waals surface area (Å²) in [6.45, 7) is 0.